The topological polar surface area (TPSA) is 91.4 Å². The van der Waals surface area contributed by atoms with Gasteiger partial charge in [0.15, 0.2) is 23.3 Å². The molecular formula is C20H21F3N6O2S2. The van der Waals surface area contributed by atoms with Crippen LogP contribution in [0, 0.1) is 17.5 Å². The lowest BCUT2D eigenvalue weighted by Crippen LogP contribution is -2.40. The van der Waals surface area contributed by atoms with Crippen molar-refractivity contribution in [3.63, 3.8) is 0 Å². The second-order valence-corrected chi connectivity index (χ2v) is 8.85. The smallest absolute Gasteiger partial charge is 0.258 e. The van der Waals surface area contributed by atoms with Gasteiger partial charge in [-0.3, -0.25) is 4.79 Å². The van der Waals surface area contributed by atoms with Crippen LogP contribution in [0.15, 0.2) is 17.8 Å². The molecule has 0 radical (unpaired) electrons. The quantitative estimate of drug-likeness (QED) is 0.238. The third kappa shape index (κ3) is 5.16. The summed E-state index contributed by atoms with van der Waals surface area (Å²) in [5, 5.41) is 5.62. The van der Waals surface area contributed by atoms with Gasteiger partial charge in [-0.1, -0.05) is 18.9 Å². The summed E-state index contributed by atoms with van der Waals surface area (Å²) < 4.78 is 51.8. The van der Waals surface area contributed by atoms with E-state index in [0.717, 1.165) is 24.4 Å². The molecule has 3 heterocycles. The van der Waals surface area contributed by atoms with Gasteiger partial charge < -0.3 is 20.2 Å². The van der Waals surface area contributed by atoms with Gasteiger partial charge in [0.2, 0.25) is 0 Å². The largest absolute Gasteiger partial charge is 0.379 e. The van der Waals surface area contributed by atoms with E-state index in [-0.39, 0.29) is 11.3 Å². The molecule has 33 heavy (non-hydrogen) atoms. The van der Waals surface area contributed by atoms with E-state index in [1.54, 1.807) is 0 Å². The molecule has 1 amide bonds. The van der Waals surface area contributed by atoms with Crippen LogP contribution in [0.5, 0.6) is 0 Å². The Bertz CT molecular complexity index is 1160. The summed E-state index contributed by atoms with van der Waals surface area (Å²) in [5.41, 5.74) is 2.48. The highest BCUT2D eigenvalue weighted by Crippen LogP contribution is 2.33. The Morgan fingerprint density at radius 3 is 2.79 bits per heavy atom. The highest BCUT2D eigenvalue weighted by atomic mass is 32.2. The first kappa shape index (κ1) is 23.5. The van der Waals surface area contributed by atoms with Gasteiger partial charge in [-0.15, -0.1) is 11.3 Å². The first-order chi connectivity index (χ1) is 16.0. The fourth-order valence-electron chi connectivity index (χ4n) is 3.12. The maximum Gasteiger partial charge on any atom is 0.258 e. The Hall–Kier alpha value is -2.61. The number of rotatable bonds is 8. The molecule has 0 atom stereocenters. The number of hydrogen-bond acceptors (Lipinski definition) is 9. The van der Waals surface area contributed by atoms with E-state index in [1.165, 1.54) is 23.0 Å². The van der Waals surface area contributed by atoms with Crippen LogP contribution < -0.4 is 15.5 Å². The Morgan fingerprint density at radius 1 is 1.24 bits per heavy atom. The molecule has 0 bridgehead atoms. The molecule has 3 N–H and O–H groups in total. The SMILES string of the molecule is CCCSNc1cc(F)c(F)c(NC(=O)c2csc3c(NN4CCOCC4)ncnc23)c1F. The van der Waals surface area contributed by atoms with Gasteiger partial charge in [0.1, 0.15) is 12.0 Å². The minimum absolute atomic E-state index is 0.0976. The first-order valence-electron chi connectivity index (χ1n) is 10.2. The van der Waals surface area contributed by atoms with Gasteiger partial charge in [-0.25, -0.2) is 28.1 Å². The summed E-state index contributed by atoms with van der Waals surface area (Å²) in [5.74, 6) is -3.51. The number of anilines is 3. The zero-order valence-corrected chi connectivity index (χ0v) is 19.2. The van der Waals surface area contributed by atoms with Crippen LogP contribution in [0.1, 0.15) is 23.7 Å². The van der Waals surface area contributed by atoms with Crippen molar-refractivity contribution >= 4 is 56.6 Å². The molecule has 1 saturated heterocycles. The molecule has 1 aliphatic rings. The van der Waals surface area contributed by atoms with E-state index in [4.69, 9.17) is 4.74 Å². The molecule has 1 fully saturated rings. The number of carbonyl (C=O) groups is 1. The van der Waals surface area contributed by atoms with E-state index >= 15 is 0 Å². The summed E-state index contributed by atoms with van der Waals surface area (Å²) in [6.07, 6.45) is 2.10. The van der Waals surface area contributed by atoms with Crippen LogP contribution in [0.25, 0.3) is 10.2 Å². The predicted octanol–water partition coefficient (Wildman–Crippen LogP) is 4.49. The zero-order chi connectivity index (χ0) is 23.4. The summed E-state index contributed by atoms with van der Waals surface area (Å²) in [6, 6.07) is 0.722. The summed E-state index contributed by atoms with van der Waals surface area (Å²) >= 11 is 2.36. The van der Waals surface area contributed by atoms with Crippen molar-refractivity contribution in [1.29, 1.82) is 0 Å². The Kier molecular flexibility index (Phi) is 7.53. The molecule has 176 valence electrons. The summed E-state index contributed by atoms with van der Waals surface area (Å²) in [7, 11) is 0. The van der Waals surface area contributed by atoms with Crippen LogP contribution >= 0.6 is 23.3 Å². The number of thiophene rings is 1. The number of benzene rings is 1. The number of ether oxygens (including phenoxy) is 1. The Balaban J connectivity index is 1.59. The van der Waals surface area contributed by atoms with Gasteiger partial charge in [0.25, 0.3) is 5.91 Å². The summed E-state index contributed by atoms with van der Waals surface area (Å²) in [4.78, 5) is 21.3. The lowest BCUT2D eigenvalue weighted by Gasteiger charge is -2.27. The average Bonchev–Trinajstić information content (AvgIpc) is 3.26. The number of halogens is 3. The van der Waals surface area contributed by atoms with E-state index in [9.17, 15) is 18.0 Å². The molecule has 0 saturated carbocycles. The number of morpholine rings is 1. The molecule has 0 aliphatic carbocycles. The number of hydrazine groups is 1. The van der Waals surface area contributed by atoms with Crippen molar-refractivity contribution in [3.05, 3.63) is 40.8 Å². The van der Waals surface area contributed by atoms with E-state index in [2.05, 4.69) is 25.4 Å². The van der Waals surface area contributed by atoms with Crippen LogP contribution in [0.4, 0.5) is 30.4 Å². The van der Waals surface area contributed by atoms with Crippen LogP contribution in [0.3, 0.4) is 0 Å². The third-order valence-electron chi connectivity index (χ3n) is 4.76. The van der Waals surface area contributed by atoms with Gasteiger partial charge >= 0.3 is 0 Å². The third-order valence-corrected chi connectivity index (χ3v) is 6.71. The van der Waals surface area contributed by atoms with Crippen molar-refractivity contribution in [3.8, 4) is 0 Å². The van der Waals surface area contributed by atoms with Crippen LogP contribution in [-0.4, -0.2) is 52.9 Å². The molecule has 8 nitrogen and oxygen atoms in total. The maximum atomic E-state index is 14.8. The molecule has 1 aliphatic heterocycles. The van der Waals surface area contributed by atoms with E-state index in [1.807, 2.05) is 11.9 Å². The minimum Gasteiger partial charge on any atom is -0.379 e. The van der Waals surface area contributed by atoms with E-state index in [0.29, 0.717) is 48.1 Å². The molecule has 13 heteroatoms. The van der Waals surface area contributed by atoms with E-state index < -0.39 is 29.0 Å². The molecular weight excluding hydrogens is 477 g/mol. The Morgan fingerprint density at radius 2 is 2.03 bits per heavy atom. The van der Waals surface area contributed by atoms with Crippen molar-refractivity contribution in [1.82, 2.24) is 15.0 Å². The van der Waals surface area contributed by atoms with Gasteiger partial charge in [0, 0.05) is 30.3 Å². The summed E-state index contributed by atoms with van der Waals surface area (Å²) in [6.45, 7) is 4.42. The molecule has 2 aromatic heterocycles. The first-order valence-corrected chi connectivity index (χ1v) is 12.0. The number of fused-ring (bicyclic) bond motifs is 1. The fraction of sp³-hybridized carbons (Fsp3) is 0.350. The number of amides is 1. The highest BCUT2D eigenvalue weighted by Gasteiger charge is 2.24. The lowest BCUT2D eigenvalue weighted by atomic mass is 10.2. The standard InChI is InChI=1S/C20H21F3N6O2S2/c1-2-7-33-28-13-8-12(21)14(22)17(15(13)23)26-20(30)11-9-32-18-16(11)24-10-25-19(18)27-29-3-5-31-6-4-29/h8-10,28H,2-7H2,1H3,(H,26,30)(H,24,25,27). The van der Waals surface area contributed by atoms with Gasteiger partial charge in [-0.2, -0.15) is 0 Å². The average molecular weight is 499 g/mol. The number of aromatic nitrogens is 2. The van der Waals surface area contributed by atoms with Gasteiger partial charge in [0.05, 0.1) is 34.7 Å². The maximum absolute atomic E-state index is 14.8. The predicted molar refractivity (Wildman–Crippen MR) is 124 cm³/mol. The monoisotopic (exact) mass is 498 g/mol. The van der Waals surface area contributed by atoms with Crippen molar-refractivity contribution < 1.29 is 22.7 Å². The zero-order valence-electron chi connectivity index (χ0n) is 17.6. The lowest BCUT2D eigenvalue weighted by molar-refractivity contribution is 0.0495. The minimum atomic E-state index is -1.48. The number of nitrogens with zero attached hydrogens (tertiary/aromatic N) is 3. The van der Waals surface area contributed by atoms with Crippen LogP contribution in [0.2, 0.25) is 0 Å². The molecule has 1 aromatic carbocycles. The van der Waals surface area contributed by atoms with Crippen molar-refractivity contribution in [2.24, 2.45) is 0 Å². The molecule has 4 rings (SSSR count). The van der Waals surface area contributed by atoms with Gasteiger partial charge in [-0.05, 0) is 6.42 Å². The Labute approximate surface area is 196 Å². The second kappa shape index (κ2) is 10.5. The normalized spacial score (nSPS) is 14.4. The van der Waals surface area contributed by atoms with Crippen molar-refractivity contribution in [2.45, 2.75) is 13.3 Å². The fourth-order valence-corrected chi connectivity index (χ4v) is 4.66. The number of carbonyl (C=O) groups excluding carboxylic acids is 1. The number of nitrogens with one attached hydrogen (secondary N) is 3. The van der Waals surface area contributed by atoms with Crippen molar-refractivity contribution in [2.75, 3.05) is 47.5 Å². The number of hydrogen-bond donors (Lipinski definition) is 3. The molecule has 0 unspecified atom stereocenters. The molecule has 3 aromatic rings. The highest BCUT2D eigenvalue weighted by molar-refractivity contribution is 8.00. The molecule has 0 spiro atoms. The second-order valence-electron chi connectivity index (χ2n) is 7.07. The van der Waals surface area contributed by atoms with Crippen LogP contribution in [-0.2, 0) is 4.74 Å².